The van der Waals surface area contributed by atoms with E-state index in [1.54, 1.807) is 12.4 Å². The normalized spacial score (nSPS) is 26.6. The first kappa shape index (κ1) is 12.0. The van der Waals surface area contributed by atoms with Gasteiger partial charge in [-0.1, -0.05) is 0 Å². The molecule has 4 rings (SSSR count). The summed E-state index contributed by atoms with van der Waals surface area (Å²) in [4.78, 5) is 13.0. The maximum atomic E-state index is 5.86. The summed E-state index contributed by atoms with van der Waals surface area (Å²) in [5.74, 6) is 1.69. The first-order chi connectivity index (χ1) is 9.88. The van der Waals surface area contributed by atoms with Crippen molar-refractivity contribution in [3.05, 3.63) is 24.5 Å². The van der Waals surface area contributed by atoms with Crippen LogP contribution in [-0.2, 0) is 4.74 Å². The van der Waals surface area contributed by atoms with Crippen LogP contribution in [0.1, 0.15) is 25.7 Å². The van der Waals surface area contributed by atoms with Gasteiger partial charge in [-0.25, -0.2) is 9.97 Å². The van der Waals surface area contributed by atoms with Crippen LogP contribution in [0.2, 0.25) is 0 Å². The number of anilines is 1. The van der Waals surface area contributed by atoms with Crippen LogP contribution in [0.5, 0.6) is 0 Å². The maximum absolute atomic E-state index is 5.86. The third kappa shape index (κ3) is 2.45. The minimum Gasteiger partial charge on any atom is -0.378 e. The van der Waals surface area contributed by atoms with Gasteiger partial charge in [0.05, 0.1) is 6.10 Å². The molecule has 5 heteroatoms. The Morgan fingerprint density at radius 2 is 2.00 bits per heavy atom. The number of ether oxygens (including phenoxy) is 1. The zero-order valence-electron chi connectivity index (χ0n) is 11.3. The Kier molecular flexibility index (Phi) is 2.99. The third-order valence-corrected chi connectivity index (χ3v) is 4.15. The Hall–Kier alpha value is -1.75. The number of aromatic nitrogens is 3. The number of hydrogen-bond donors (Lipinski definition) is 1. The molecule has 1 N–H and O–H groups in total. The monoisotopic (exact) mass is 270 g/mol. The van der Waals surface area contributed by atoms with Crippen molar-refractivity contribution in [3.8, 4) is 0 Å². The molecule has 2 aliphatic rings. The lowest BCUT2D eigenvalue weighted by atomic mass is 10.00. The van der Waals surface area contributed by atoms with E-state index in [0.717, 1.165) is 36.7 Å². The molecule has 1 aliphatic carbocycles. The van der Waals surface area contributed by atoms with Gasteiger partial charge in [-0.3, -0.25) is 4.98 Å². The molecule has 20 heavy (non-hydrogen) atoms. The number of rotatable bonds is 3. The quantitative estimate of drug-likeness (QED) is 0.928. The van der Waals surface area contributed by atoms with E-state index in [4.69, 9.17) is 4.74 Å². The molecule has 2 unspecified atom stereocenters. The van der Waals surface area contributed by atoms with Crippen LogP contribution in [0, 0.1) is 5.92 Å². The summed E-state index contributed by atoms with van der Waals surface area (Å²) in [5.41, 5.74) is 1.53. The van der Waals surface area contributed by atoms with E-state index in [0.29, 0.717) is 17.8 Å². The molecule has 1 saturated heterocycles. The van der Waals surface area contributed by atoms with Crippen molar-refractivity contribution in [2.45, 2.75) is 37.8 Å². The zero-order chi connectivity index (χ0) is 13.4. The molecule has 2 aromatic rings. The smallest absolute Gasteiger partial charge is 0.180 e. The van der Waals surface area contributed by atoms with Crippen LogP contribution in [0.25, 0.3) is 11.2 Å². The summed E-state index contributed by atoms with van der Waals surface area (Å²) in [6, 6.07) is 4.41. The largest absolute Gasteiger partial charge is 0.378 e. The molecule has 3 heterocycles. The molecule has 0 bridgehead atoms. The van der Waals surface area contributed by atoms with Crippen LogP contribution in [0.4, 0.5) is 5.82 Å². The van der Waals surface area contributed by atoms with Crippen molar-refractivity contribution in [3.63, 3.8) is 0 Å². The predicted octanol–water partition coefficient (Wildman–Crippen LogP) is 2.39. The highest BCUT2D eigenvalue weighted by Gasteiger charge is 2.35. The predicted molar refractivity (Wildman–Crippen MR) is 76.4 cm³/mol. The number of hydrogen-bond acceptors (Lipinski definition) is 5. The average Bonchev–Trinajstić information content (AvgIpc) is 3.32. The van der Waals surface area contributed by atoms with Gasteiger partial charge >= 0.3 is 0 Å². The second kappa shape index (κ2) is 4.98. The molecule has 5 nitrogen and oxygen atoms in total. The topological polar surface area (TPSA) is 59.9 Å². The van der Waals surface area contributed by atoms with Gasteiger partial charge in [0, 0.05) is 25.0 Å². The fourth-order valence-corrected chi connectivity index (χ4v) is 2.90. The molecule has 2 atom stereocenters. The highest BCUT2D eigenvalue weighted by molar-refractivity contribution is 5.71. The molecule has 1 aliphatic heterocycles. The van der Waals surface area contributed by atoms with Gasteiger partial charge in [0.1, 0.15) is 11.3 Å². The summed E-state index contributed by atoms with van der Waals surface area (Å²) in [6.07, 6.45) is 8.62. The van der Waals surface area contributed by atoms with Crippen LogP contribution in [0.3, 0.4) is 0 Å². The van der Waals surface area contributed by atoms with Crippen molar-refractivity contribution in [2.24, 2.45) is 5.92 Å². The van der Waals surface area contributed by atoms with Crippen LogP contribution in [-0.4, -0.2) is 33.7 Å². The molecule has 104 valence electrons. The van der Waals surface area contributed by atoms with Crippen molar-refractivity contribution in [2.75, 3.05) is 11.9 Å². The Labute approximate surface area is 117 Å². The molecule has 1 saturated carbocycles. The molecule has 0 aromatic carbocycles. The Morgan fingerprint density at radius 1 is 1.10 bits per heavy atom. The lowest BCUT2D eigenvalue weighted by Gasteiger charge is -2.30. The second-order valence-corrected chi connectivity index (χ2v) is 5.71. The summed E-state index contributed by atoms with van der Waals surface area (Å²) >= 11 is 0. The molecule has 2 aromatic heterocycles. The summed E-state index contributed by atoms with van der Waals surface area (Å²) in [7, 11) is 0. The SMILES string of the molecule is c1cnc2nc(NC3CCOC(C4CC4)C3)ccc2n1. The van der Waals surface area contributed by atoms with Gasteiger partial charge < -0.3 is 10.1 Å². The first-order valence-electron chi connectivity index (χ1n) is 7.34. The molecular weight excluding hydrogens is 252 g/mol. The van der Waals surface area contributed by atoms with Gasteiger partial charge in [0.2, 0.25) is 0 Å². The highest BCUT2D eigenvalue weighted by Crippen LogP contribution is 2.38. The van der Waals surface area contributed by atoms with E-state index in [-0.39, 0.29) is 0 Å². The van der Waals surface area contributed by atoms with E-state index in [1.807, 2.05) is 12.1 Å². The summed E-state index contributed by atoms with van der Waals surface area (Å²) < 4.78 is 5.86. The Bertz CT molecular complexity index is 614. The van der Waals surface area contributed by atoms with E-state index >= 15 is 0 Å². The van der Waals surface area contributed by atoms with Gasteiger partial charge in [0.15, 0.2) is 5.65 Å². The van der Waals surface area contributed by atoms with Gasteiger partial charge in [-0.2, -0.15) is 0 Å². The molecular formula is C15H18N4O. The number of nitrogens with zero attached hydrogens (tertiary/aromatic N) is 3. The van der Waals surface area contributed by atoms with E-state index in [1.165, 1.54) is 12.8 Å². The lowest BCUT2D eigenvalue weighted by molar-refractivity contribution is -0.00222. The van der Waals surface area contributed by atoms with E-state index in [9.17, 15) is 0 Å². The number of fused-ring (bicyclic) bond motifs is 1. The second-order valence-electron chi connectivity index (χ2n) is 5.71. The van der Waals surface area contributed by atoms with E-state index < -0.39 is 0 Å². The van der Waals surface area contributed by atoms with Crippen molar-refractivity contribution in [1.82, 2.24) is 15.0 Å². The minimum atomic E-state index is 0.446. The molecule has 0 radical (unpaired) electrons. The Morgan fingerprint density at radius 3 is 2.90 bits per heavy atom. The van der Waals surface area contributed by atoms with Gasteiger partial charge in [-0.15, -0.1) is 0 Å². The summed E-state index contributed by atoms with van der Waals surface area (Å²) in [5, 5.41) is 3.53. The average molecular weight is 270 g/mol. The fourth-order valence-electron chi connectivity index (χ4n) is 2.90. The third-order valence-electron chi connectivity index (χ3n) is 4.15. The number of pyridine rings is 1. The minimum absolute atomic E-state index is 0.446. The van der Waals surface area contributed by atoms with Gasteiger partial charge in [0.25, 0.3) is 0 Å². The van der Waals surface area contributed by atoms with Crippen molar-refractivity contribution < 1.29 is 4.74 Å². The maximum Gasteiger partial charge on any atom is 0.180 e. The van der Waals surface area contributed by atoms with Crippen LogP contribution in [0.15, 0.2) is 24.5 Å². The number of nitrogens with one attached hydrogen (secondary N) is 1. The molecule has 0 spiro atoms. The van der Waals surface area contributed by atoms with Crippen molar-refractivity contribution in [1.29, 1.82) is 0 Å². The molecule has 2 fully saturated rings. The van der Waals surface area contributed by atoms with Gasteiger partial charge in [-0.05, 0) is 43.7 Å². The van der Waals surface area contributed by atoms with Crippen molar-refractivity contribution >= 4 is 17.0 Å². The standard InChI is InChI=1S/C15H18N4O/c1-2-10(1)13-9-11(5-8-20-13)18-14-4-3-12-15(19-14)17-7-6-16-12/h3-4,6-7,10-11,13H,1-2,5,8-9H2,(H,17,18,19). The Balaban J connectivity index is 1.48. The first-order valence-corrected chi connectivity index (χ1v) is 7.34. The molecule has 0 amide bonds. The zero-order valence-corrected chi connectivity index (χ0v) is 11.3. The summed E-state index contributed by atoms with van der Waals surface area (Å²) in [6.45, 7) is 0.853. The highest BCUT2D eigenvalue weighted by atomic mass is 16.5. The van der Waals surface area contributed by atoms with E-state index in [2.05, 4.69) is 20.3 Å². The lowest BCUT2D eigenvalue weighted by Crippen LogP contribution is -2.35. The van der Waals surface area contributed by atoms with Crippen LogP contribution >= 0.6 is 0 Å². The fraction of sp³-hybridized carbons (Fsp3) is 0.533. The van der Waals surface area contributed by atoms with Crippen LogP contribution < -0.4 is 5.32 Å².